The van der Waals surface area contributed by atoms with Gasteiger partial charge in [-0.1, -0.05) is 36.4 Å². The second-order valence-corrected chi connectivity index (χ2v) is 7.85. The zero-order valence-electron chi connectivity index (χ0n) is 15.4. The van der Waals surface area contributed by atoms with Crippen molar-refractivity contribution in [2.75, 3.05) is 14.1 Å². The lowest BCUT2D eigenvalue weighted by atomic mass is 10.2. The van der Waals surface area contributed by atoms with Crippen molar-refractivity contribution in [3.63, 3.8) is 0 Å². The predicted molar refractivity (Wildman–Crippen MR) is 100 cm³/mol. The summed E-state index contributed by atoms with van der Waals surface area (Å²) >= 11 is 0. The van der Waals surface area contributed by atoms with E-state index in [-0.39, 0.29) is 16.4 Å². The minimum atomic E-state index is -3.68. The average molecular weight is 390 g/mol. The fraction of sp³-hybridized carbons (Fsp3) is 0.263. The molecule has 7 nitrogen and oxygen atoms in total. The lowest BCUT2D eigenvalue weighted by molar-refractivity contribution is -0.139. The van der Waals surface area contributed by atoms with Crippen LogP contribution in [-0.2, 0) is 26.1 Å². The van der Waals surface area contributed by atoms with Crippen molar-refractivity contribution < 1.29 is 22.7 Å². The Morgan fingerprint density at radius 3 is 2.41 bits per heavy atom. The van der Waals surface area contributed by atoms with Crippen LogP contribution >= 0.6 is 0 Å². The second-order valence-electron chi connectivity index (χ2n) is 5.96. The minimum Gasteiger partial charge on any atom is -0.449 e. The number of sulfonamides is 1. The van der Waals surface area contributed by atoms with Gasteiger partial charge in [-0.3, -0.25) is 4.79 Å². The van der Waals surface area contributed by atoms with Crippen LogP contribution in [0.25, 0.3) is 0 Å². The minimum absolute atomic E-state index is 0.0525. The van der Waals surface area contributed by atoms with Crippen molar-refractivity contribution in [3.05, 3.63) is 65.7 Å². The lowest BCUT2D eigenvalue weighted by Gasteiger charge is -2.21. The summed E-state index contributed by atoms with van der Waals surface area (Å²) < 4.78 is 31.1. The molecule has 1 N–H and O–H groups in total. The van der Waals surface area contributed by atoms with Gasteiger partial charge in [0.05, 0.1) is 10.5 Å². The smallest absolute Gasteiger partial charge is 0.338 e. The van der Waals surface area contributed by atoms with Crippen LogP contribution in [-0.4, -0.2) is 45.4 Å². The van der Waals surface area contributed by atoms with Crippen LogP contribution in [0.4, 0.5) is 0 Å². The van der Waals surface area contributed by atoms with E-state index >= 15 is 0 Å². The number of nitrogens with zero attached hydrogens (tertiary/aromatic N) is 1. The number of carbonyl (C=O) groups excluding carboxylic acids is 2. The maximum absolute atomic E-state index is 12.4. The highest BCUT2D eigenvalue weighted by Crippen LogP contribution is 2.14. The van der Waals surface area contributed by atoms with E-state index in [2.05, 4.69) is 4.72 Å². The molecule has 0 aliphatic rings. The lowest BCUT2D eigenvalue weighted by Crippen LogP contribution is -2.37. The first-order chi connectivity index (χ1) is 12.7. The molecule has 2 aromatic carbocycles. The molecule has 0 aliphatic carbocycles. The van der Waals surface area contributed by atoms with Gasteiger partial charge in [-0.25, -0.2) is 17.9 Å². The molecule has 27 heavy (non-hydrogen) atoms. The fourth-order valence-electron chi connectivity index (χ4n) is 2.43. The number of nitrogens with one attached hydrogen (secondary N) is 1. The molecule has 2 aromatic rings. The molecule has 8 heteroatoms. The van der Waals surface area contributed by atoms with Crippen molar-refractivity contribution in [1.82, 2.24) is 9.62 Å². The molecule has 144 valence electrons. The van der Waals surface area contributed by atoms with Crippen LogP contribution in [0.1, 0.15) is 22.8 Å². The molecule has 0 heterocycles. The number of benzene rings is 2. The molecule has 0 bridgehead atoms. The van der Waals surface area contributed by atoms with E-state index in [9.17, 15) is 18.0 Å². The third-order valence-electron chi connectivity index (χ3n) is 3.92. The highest BCUT2D eigenvalue weighted by Gasteiger charge is 2.23. The highest BCUT2D eigenvalue weighted by atomic mass is 32.2. The van der Waals surface area contributed by atoms with Gasteiger partial charge >= 0.3 is 5.97 Å². The first kappa shape index (κ1) is 20.6. The quantitative estimate of drug-likeness (QED) is 0.728. The van der Waals surface area contributed by atoms with Gasteiger partial charge in [-0.2, -0.15) is 0 Å². The van der Waals surface area contributed by atoms with E-state index in [0.29, 0.717) is 6.54 Å². The number of hydrogen-bond donors (Lipinski definition) is 1. The number of likely N-dealkylation sites (N-methyl/N-ethyl adjacent to an activating group) is 1. The van der Waals surface area contributed by atoms with E-state index in [4.69, 9.17) is 4.74 Å². The number of hydrogen-bond acceptors (Lipinski definition) is 5. The van der Waals surface area contributed by atoms with Crippen LogP contribution in [0.2, 0.25) is 0 Å². The molecule has 0 saturated heterocycles. The molecule has 0 fully saturated rings. The Morgan fingerprint density at radius 2 is 1.78 bits per heavy atom. The highest BCUT2D eigenvalue weighted by molar-refractivity contribution is 7.89. The van der Waals surface area contributed by atoms with Crippen LogP contribution in [0.5, 0.6) is 0 Å². The summed E-state index contributed by atoms with van der Waals surface area (Å²) in [7, 11) is -0.774. The number of amides is 1. The summed E-state index contributed by atoms with van der Waals surface area (Å²) in [5, 5.41) is 0. The molecule has 0 saturated carbocycles. The second kappa shape index (κ2) is 8.79. The Morgan fingerprint density at radius 1 is 1.11 bits per heavy atom. The summed E-state index contributed by atoms with van der Waals surface area (Å²) in [6.07, 6.45) is -1.00. The largest absolute Gasteiger partial charge is 0.449 e. The SMILES string of the molecule is CNS(=O)(=O)c1cccc(C(=O)O[C@H](C)C(=O)N(C)Cc2ccccc2)c1. The standard InChI is InChI=1S/C19H22N2O5S/c1-14(18(22)21(3)13-15-8-5-4-6-9-15)26-19(23)16-10-7-11-17(12-16)27(24,25)20-2/h4-12,14,20H,13H2,1-3H3/t14-/m1/s1. The summed E-state index contributed by atoms with van der Waals surface area (Å²) in [5.74, 6) is -1.12. The Balaban J connectivity index is 2.04. The first-order valence-electron chi connectivity index (χ1n) is 8.28. The van der Waals surface area contributed by atoms with E-state index in [1.807, 2.05) is 30.3 Å². The van der Waals surface area contributed by atoms with Crippen molar-refractivity contribution in [3.8, 4) is 0 Å². The van der Waals surface area contributed by atoms with Crippen molar-refractivity contribution in [2.24, 2.45) is 0 Å². The Hall–Kier alpha value is -2.71. The molecule has 1 amide bonds. The third kappa shape index (κ3) is 5.38. The topological polar surface area (TPSA) is 92.8 Å². The van der Waals surface area contributed by atoms with E-state index < -0.39 is 22.1 Å². The Kier molecular flexibility index (Phi) is 6.70. The summed E-state index contributed by atoms with van der Waals surface area (Å²) in [6, 6.07) is 14.9. The zero-order chi connectivity index (χ0) is 20.0. The van der Waals surface area contributed by atoms with Crippen LogP contribution in [0.15, 0.2) is 59.5 Å². The normalized spacial score (nSPS) is 12.3. The van der Waals surface area contributed by atoms with E-state index in [1.54, 1.807) is 7.05 Å². The number of carbonyl (C=O) groups is 2. The van der Waals surface area contributed by atoms with Crippen molar-refractivity contribution in [1.29, 1.82) is 0 Å². The number of esters is 1. The maximum Gasteiger partial charge on any atom is 0.338 e. The maximum atomic E-state index is 12.4. The van der Waals surface area contributed by atoms with Crippen LogP contribution in [0, 0.1) is 0 Å². The van der Waals surface area contributed by atoms with Gasteiger partial charge in [0.25, 0.3) is 5.91 Å². The number of rotatable bonds is 7. The van der Waals surface area contributed by atoms with Gasteiger partial charge in [0.2, 0.25) is 10.0 Å². The van der Waals surface area contributed by atoms with Crippen LogP contribution < -0.4 is 4.72 Å². The molecule has 1 atom stereocenters. The van der Waals surface area contributed by atoms with E-state index in [0.717, 1.165) is 5.56 Å². The van der Waals surface area contributed by atoms with E-state index in [1.165, 1.54) is 43.1 Å². The summed E-state index contributed by atoms with van der Waals surface area (Å²) in [6.45, 7) is 1.87. The molecule has 0 aliphatic heterocycles. The molecule has 0 radical (unpaired) electrons. The third-order valence-corrected chi connectivity index (χ3v) is 5.33. The Bertz CT molecular complexity index is 913. The zero-order valence-corrected chi connectivity index (χ0v) is 16.2. The molecular weight excluding hydrogens is 368 g/mol. The molecular formula is C19H22N2O5S. The van der Waals surface area contributed by atoms with Gasteiger partial charge in [0.1, 0.15) is 0 Å². The average Bonchev–Trinajstić information content (AvgIpc) is 2.68. The van der Waals surface area contributed by atoms with Gasteiger partial charge in [0.15, 0.2) is 6.10 Å². The van der Waals surface area contributed by atoms with Gasteiger partial charge in [-0.05, 0) is 37.7 Å². The monoisotopic (exact) mass is 390 g/mol. The van der Waals surface area contributed by atoms with Gasteiger partial charge in [-0.15, -0.1) is 0 Å². The molecule has 0 spiro atoms. The predicted octanol–water partition coefficient (Wildman–Crippen LogP) is 1.80. The van der Waals surface area contributed by atoms with Gasteiger partial charge < -0.3 is 9.64 Å². The first-order valence-corrected chi connectivity index (χ1v) is 9.76. The van der Waals surface area contributed by atoms with Crippen molar-refractivity contribution >= 4 is 21.9 Å². The van der Waals surface area contributed by atoms with Crippen molar-refractivity contribution in [2.45, 2.75) is 24.5 Å². The van der Waals surface area contributed by atoms with Crippen LogP contribution in [0.3, 0.4) is 0 Å². The number of ether oxygens (including phenoxy) is 1. The fourth-order valence-corrected chi connectivity index (χ4v) is 3.21. The molecule has 2 rings (SSSR count). The molecule has 0 unspecified atom stereocenters. The van der Waals surface area contributed by atoms with Gasteiger partial charge in [0, 0.05) is 13.6 Å². The summed E-state index contributed by atoms with van der Waals surface area (Å²) in [4.78, 5) is 26.1. The Labute approximate surface area is 159 Å². The summed E-state index contributed by atoms with van der Waals surface area (Å²) in [5.41, 5.74) is 1.01. The molecule has 0 aromatic heterocycles.